The van der Waals surface area contributed by atoms with Crippen LogP contribution in [-0.2, 0) is 4.79 Å². The molecule has 2 rings (SSSR count). The summed E-state index contributed by atoms with van der Waals surface area (Å²) in [6.07, 6.45) is 0. The van der Waals surface area contributed by atoms with Gasteiger partial charge in [-0.3, -0.25) is 14.9 Å². The first-order valence-corrected chi connectivity index (χ1v) is 5.20. The molecule has 1 N–H and O–H groups in total. The molecule has 3 nitrogen and oxygen atoms in total. The van der Waals surface area contributed by atoms with Crippen LogP contribution < -0.4 is 5.43 Å². The minimum atomic E-state index is -0.0727. The molecule has 0 saturated carbocycles. The van der Waals surface area contributed by atoms with Crippen LogP contribution in [0.2, 0.25) is 0 Å². The van der Waals surface area contributed by atoms with E-state index in [-0.39, 0.29) is 5.91 Å². The van der Waals surface area contributed by atoms with Gasteiger partial charge in [0.2, 0.25) is 5.91 Å². The van der Waals surface area contributed by atoms with E-state index in [0.29, 0.717) is 0 Å². The summed E-state index contributed by atoms with van der Waals surface area (Å²) in [5.74, 6) is -0.0727. The number of aromatic nitrogens is 1. The fourth-order valence-electron chi connectivity index (χ4n) is 1.68. The molecule has 1 amide bonds. The maximum absolute atomic E-state index is 11.1. The third kappa shape index (κ3) is 1.98. The predicted molar refractivity (Wildman–Crippen MR) is 64.6 cm³/mol. The van der Waals surface area contributed by atoms with Gasteiger partial charge in [-0.25, -0.2) is 0 Å². The molecule has 0 radical (unpaired) electrons. The number of amides is 1. The zero-order valence-electron chi connectivity index (χ0n) is 9.40. The molecule has 0 aliphatic heterocycles. The van der Waals surface area contributed by atoms with Crippen LogP contribution >= 0.6 is 0 Å². The summed E-state index contributed by atoms with van der Waals surface area (Å²) in [6.45, 7) is 3.47. The molecule has 82 valence electrons. The van der Waals surface area contributed by atoms with Crippen LogP contribution in [0.1, 0.15) is 12.6 Å². The van der Waals surface area contributed by atoms with E-state index in [1.807, 2.05) is 49.4 Å². The smallest absolute Gasteiger partial charge is 0.235 e. The Hall–Kier alpha value is -2.03. The molecule has 1 heterocycles. The summed E-state index contributed by atoms with van der Waals surface area (Å²) in [5, 5.41) is 0. The molecule has 3 heteroatoms. The lowest BCUT2D eigenvalue weighted by Crippen LogP contribution is -2.21. The molecule has 0 fully saturated rings. The number of hydrogen-bond donors (Lipinski definition) is 1. The van der Waals surface area contributed by atoms with Crippen LogP contribution in [0.4, 0.5) is 0 Å². The second-order valence-electron chi connectivity index (χ2n) is 3.73. The van der Waals surface area contributed by atoms with E-state index >= 15 is 0 Å². The minimum Gasteiger partial charge on any atom is -0.274 e. The monoisotopic (exact) mass is 214 g/mol. The van der Waals surface area contributed by atoms with E-state index in [1.54, 1.807) is 4.68 Å². The largest absolute Gasteiger partial charge is 0.274 e. The highest BCUT2D eigenvalue weighted by atomic mass is 16.2. The zero-order chi connectivity index (χ0) is 11.5. The SMILES string of the molecule is CC(=O)Nn1c(C)ccc1-c1ccccc1. The van der Waals surface area contributed by atoms with Crippen molar-refractivity contribution >= 4 is 5.91 Å². The molecule has 0 spiro atoms. The highest BCUT2D eigenvalue weighted by Gasteiger charge is 2.07. The summed E-state index contributed by atoms with van der Waals surface area (Å²) in [5.41, 5.74) is 5.89. The Morgan fingerprint density at radius 2 is 1.81 bits per heavy atom. The molecule has 1 aromatic carbocycles. The molecule has 0 aliphatic carbocycles. The Morgan fingerprint density at radius 1 is 1.12 bits per heavy atom. The molecular formula is C13H14N2O. The van der Waals surface area contributed by atoms with Crippen molar-refractivity contribution in [2.24, 2.45) is 0 Å². The summed E-state index contributed by atoms with van der Waals surface area (Å²) >= 11 is 0. The van der Waals surface area contributed by atoms with Gasteiger partial charge in [0.15, 0.2) is 0 Å². The summed E-state index contributed by atoms with van der Waals surface area (Å²) in [6, 6.07) is 14.0. The van der Waals surface area contributed by atoms with E-state index in [2.05, 4.69) is 5.43 Å². The minimum absolute atomic E-state index is 0.0727. The Bertz CT molecular complexity index is 500. The topological polar surface area (TPSA) is 34.0 Å². The lowest BCUT2D eigenvalue weighted by atomic mass is 10.2. The maximum Gasteiger partial charge on any atom is 0.235 e. The van der Waals surface area contributed by atoms with Crippen molar-refractivity contribution < 1.29 is 4.79 Å². The molecule has 16 heavy (non-hydrogen) atoms. The zero-order valence-corrected chi connectivity index (χ0v) is 9.40. The number of carbonyl (C=O) groups is 1. The predicted octanol–water partition coefficient (Wildman–Crippen LogP) is 2.55. The lowest BCUT2D eigenvalue weighted by molar-refractivity contribution is -0.115. The quantitative estimate of drug-likeness (QED) is 0.819. The number of rotatable bonds is 2. The van der Waals surface area contributed by atoms with Gasteiger partial charge in [-0.05, 0) is 19.1 Å². The van der Waals surface area contributed by atoms with Crippen LogP contribution in [0.3, 0.4) is 0 Å². The Labute approximate surface area is 94.7 Å². The molecule has 0 saturated heterocycles. The lowest BCUT2D eigenvalue weighted by Gasteiger charge is -2.11. The third-order valence-corrected chi connectivity index (χ3v) is 2.41. The average molecular weight is 214 g/mol. The van der Waals surface area contributed by atoms with Crippen LogP contribution in [0.15, 0.2) is 42.5 Å². The Morgan fingerprint density at radius 3 is 2.44 bits per heavy atom. The number of nitrogens with one attached hydrogen (secondary N) is 1. The van der Waals surface area contributed by atoms with Crippen molar-refractivity contribution in [2.45, 2.75) is 13.8 Å². The summed E-state index contributed by atoms with van der Waals surface area (Å²) in [4.78, 5) is 11.1. The van der Waals surface area contributed by atoms with Gasteiger partial charge in [0, 0.05) is 18.2 Å². The fraction of sp³-hybridized carbons (Fsp3) is 0.154. The fourth-order valence-corrected chi connectivity index (χ4v) is 1.68. The molecule has 0 unspecified atom stereocenters. The van der Waals surface area contributed by atoms with E-state index in [1.165, 1.54) is 6.92 Å². The van der Waals surface area contributed by atoms with Crippen LogP contribution in [0, 0.1) is 6.92 Å². The molecule has 0 aliphatic rings. The molecule has 1 aromatic heterocycles. The number of nitrogens with zero attached hydrogens (tertiary/aromatic N) is 1. The number of benzene rings is 1. The second kappa shape index (κ2) is 4.23. The second-order valence-corrected chi connectivity index (χ2v) is 3.73. The first-order chi connectivity index (χ1) is 7.68. The van der Waals surface area contributed by atoms with Crippen molar-refractivity contribution in [3.05, 3.63) is 48.2 Å². The van der Waals surface area contributed by atoms with Gasteiger partial charge in [-0.15, -0.1) is 0 Å². The standard InChI is InChI=1S/C13H14N2O/c1-10-8-9-13(15(10)14-11(2)16)12-6-4-3-5-7-12/h3-9H,1-2H3,(H,14,16). The highest BCUT2D eigenvalue weighted by Crippen LogP contribution is 2.20. The first-order valence-electron chi connectivity index (χ1n) is 5.20. The molecule has 2 aromatic rings. The number of aryl methyl sites for hydroxylation is 1. The van der Waals surface area contributed by atoms with Crippen LogP contribution in [-0.4, -0.2) is 10.6 Å². The van der Waals surface area contributed by atoms with Gasteiger partial charge >= 0.3 is 0 Å². The highest BCUT2D eigenvalue weighted by molar-refractivity contribution is 5.82. The van der Waals surface area contributed by atoms with Crippen molar-refractivity contribution in [2.75, 3.05) is 5.43 Å². The van der Waals surface area contributed by atoms with E-state index < -0.39 is 0 Å². The Kier molecular flexibility index (Phi) is 2.77. The van der Waals surface area contributed by atoms with E-state index in [0.717, 1.165) is 17.0 Å². The summed E-state index contributed by atoms with van der Waals surface area (Å²) < 4.78 is 1.80. The van der Waals surface area contributed by atoms with Crippen molar-refractivity contribution in [3.63, 3.8) is 0 Å². The number of carbonyl (C=O) groups excluding carboxylic acids is 1. The van der Waals surface area contributed by atoms with Gasteiger partial charge in [0.1, 0.15) is 0 Å². The maximum atomic E-state index is 11.1. The van der Waals surface area contributed by atoms with Gasteiger partial charge in [0.25, 0.3) is 0 Å². The normalized spacial score (nSPS) is 10.1. The van der Waals surface area contributed by atoms with Crippen LogP contribution in [0.5, 0.6) is 0 Å². The van der Waals surface area contributed by atoms with Gasteiger partial charge in [0.05, 0.1) is 5.69 Å². The molecule has 0 bridgehead atoms. The molecule has 0 atom stereocenters. The molecular weight excluding hydrogens is 200 g/mol. The number of hydrogen-bond acceptors (Lipinski definition) is 1. The van der Waals surface area contributed by atoms with Crippen molar-refractivity contribution in [1.82, 2.24) is 4.68 Å². The van der Waals surface area contributed by atoms with Crippen molar-refractivity contribution in [1.29, 1.82) is 0 Å². The van der Waals surface area contributed by atoms with Gasteiger partial charge in [-0.2, -0.15) is 0 Å². The first kappa shape index (κ1) is 10.5. The Balaban J connectivity index is 2.46. The van der Waals surface area contributed by atoms with E-state index in [4.69, 9.17) is 0 Å². The average Bonchev–Trinajstić information content (AvgIpc) is 2.61. The van der Waals surface area contributed by atoms with Crippen LogP contribution in [0.25, 0.3) is 11.3 Å². The van der Waals surface area contributed by atoms with Gasteiger partial charge in [-0.1, -0.05) is 30.3 Å². The van der Waals surface area contributed by atoms with Crippen molar-refractivity contribution in [3.8, 4) is 11.3 Å². The third-order valence-electron chi connectivity index (χ3n) is 2.41. The summed E-state index contributed by atoms with van der Waals surface area (Å²) in [7, 11) is 0. The van der Waals surface area contributed by atoms with Gasteiger partial charge < -0.3 is 0 Å². The van der Waals surface area contributed by atoms with E-state index in [9.17, 15) is 4.79 Å².